The van der Waals surface area contributed by atoms with E-state index >= 15 is 0 Å². The molecule has 9 heteroatoms. The predicted molar refractivity (Wildman–Crippen MR) is 134 cm³/mol. The van der Waals surface area contributed by atoms with Crippen LogP contribution in [0, 0.1) is 0 Å². The predicted octanol–water partition coefficient (Wildman–Crippen LogP) is 4.56. The zero-order valence-electron chi connectivity index (χ0n) is 18.9. The van der Waals surface area contributed by atoms with E-state index < -0.39 is 0 Å². The molecular weight excluding hydrogens is 464 g/mol. The molecule has 0 atom stereocenters. The Kier molecular flexibility index (Phi) is 6.87. The Labute approximate surface area is 206 Å². The van der Waals surface area contributed by atoms with E-state index in [1.54, 1.807) is 36.4 Å². The molecule has 5 rings (SSSR count). The third-order valence-electron chi connectivity index (χ3n) is 5.51. The molecule has 0 spiro atoms. The summed E-state index contributed by atoms with van der Waals surface area (Å²) >= 11 is 1.51. The molecule has 0 bridgehead atoms. The van der Waals surface area contributed by atoms with Crippen LogP contribution in [0.1, 0.15) is 26.7 Å². The smallest absolute Gasteiger partial charge is 0.291 e. The monoisotopic (exact) mass is 488 g/mol. The summed E-state index contributed by atoms with van der Waals surface area (Å²) in [6.07, 6.45) is 2.30. The summed E-state index contributed by atoms with van der Waals surface area (Å²) in [4.78, 5) is 32.8. The maximum atomic E-state index is 12.5. The molecule has 178 valence electrons. The highest BCUT2D eigenvalue weighted by molar-refractivity contribution is 7.15. The van der Waals surface area contributed by atoms with E-state index in [0.717, 1.165) is 31.7 Å². The molecule has 2 aromatic heterocycles. The van der Waals surface area contributed by atoms with E-state index in [2.05, 4.69) is 44.8 Å². The molecule has 1 aliphatic rings. The first kappa shape index (κ1) is 22.8. The minimum atomic E-state index is -0.361. The molecule has 2 N–H and O–H groups in total. The summed E-state index contributed by atoms with van der Waals surface area (Å²) in [6.45, 7) is 2.49. The summed E-state index contributed by atoms with van der Waals surface area (Å²) in [5.41, 5.74) is 2.88. The number of nitrogens with one attached hydrogen (secondary N) is 2. The van der Waals surface area contributed by atoms with Crippen LogP contribution >= 0.6 is 11.3 Å². The Hall–Kier alpha value is -3.95. The number of benzene rings is 2. The van der Waals surface area contributed by atoms with Crippen LogP contribution < -0.4 is 15.4 Å². The van der Waals surface area contributed by atoms with Gasteiger partial charge in [-0.3, -0.25) is 19.8 Å². The Morgan fingerprint density at radius 1 is 1.06 bits per heavy atom. The van der Waals surface area contributed by atoms with Crippen molar-refractivity contribution in [2.24, 2.45) is 0 Å². The highest BCUT2D eigenvalue weighted by Crippen LogP contribution is 2.29. The van der Waals surface area contributed by atoms with Gasteiger partial charge < -0.3 is 14.5 Å². The summed E-state index contributed by atoms with van der Waals surface area (Å²) in [5.74, 6) is 0.0274. The average molecular weight is 489 g/mol. The van der Waals surface area contributed by atoms with Crippen LogP contribution in [0.5, 0.6) is 5.75 Å². The van der Waals surface area contributed by atoms with Gasteiger partial charge in [0, 0.05) is 42.7 Å². The minimum Gasteiger partial charge on any atom is -0.484 e. The van der Waals surface area contributed by atoms with Crippen molar-refractivity contribution in [2.75, 3.05) is 23.8 Å². The number of hydrogen-bond donors (Lipinski definition) is 2. The molecule has 0 saturated heterocycles. The highest BCUT2D eigenvalue weighted by atomic mass is 32.1. The molecule has 8 nitrogen and oxygen atoms in total. The normalized spacial score (nSPS) is 13.1. The molecule has 1 aliphatic heterocycles. The van der Waals surface area contributed by atoms with E-state index in [9.17, 15) is 9.59 Å². The van der Waals surface area contributed by atoms with Gasteiger partial charge in [-0.1, -0.05) is 36.4 Å². The van der Waals surface area contributed by atoms with Gasteiger partial charge in [-0.15, -0.1) is 11.3 Å². The summed E-state index contributed by atoms with van der Waals surface area (Å²) < 4.78 is 10.7. The third-order valence-corrected chi connectivity index (χ3v) is 6.51. The summed E-state index contributed by atoms with van der Waals surface area (Å²) in [6, 6.07) is 20.5. The summed E-state index contributed by atoms with van der Waals surface area (Å²) in [7, 11) is 0. The molecule has 0 unspecified atom stereocenters. The van der Waals surface area contributed by atoms with E-state index in [0.29, 0.717) is 16.6 Å². The molecule has 0 saturated carbocycles. The standard InChI is InChI=1S/C26H24N4O4S/c31-24(17-34-20-9-4-8-19(14-20)27-25(32)22-10-5-13-33-22)29-26-28-21-11-12-30(16-23(21)35-26)15-18-6-2-1-3-7-18/h1-10,13-14H,11-12,15-17H2,(H,27,32)(H,28,29,31). The molecule has 0 fully saturated rings. The van der Waals surface area contributed by atoms with Crippen LogP contribution in [-0.4, -0.2) is 34.8 Å². The van der Waals surface area contributed by atoms with Gasteiger partial charge in [0.2, 0.25) is 0 Å². The third kappa shape index (κ3) is 5.95. The number of rotatable bonds is 8. The van der Waals surface area contributed by atoms with E-state index in [4.69, 9.17) is 9.15 Å². The minimum absolute atomic E-state index is 0.167. The van der Waals surface area contributed by atoms with Crippen LogP contribution in [0.4, 0.5) is 10.8 Å². The lowest BCUT2D eigenvalue weighted by molar-refractivity contribution is -0.118. The van der Waals surface area contributed by atoms with Crippen LogP contribution in [0.15, 0.2) is 77.4 Å². The first-order valence-electron chi connectivity index (χ1n) is 11.2. The van der Waals surface area contributed by atoms with Crippen molar-refractivity contribution >= 4 is 34.0 Å². The number of aromatic nitrogens is 1. The van der Waals surface area contributed by atoms with Crippen molar-refractivity contribution < 1.29 is 18.7 Å². The second-order valence-corrected chi connectivity index (χ2v) is 9.21. The molecule has 3 heterocycles. The number of ether oxygens (including phenoxy) is 1. The molecule has 4 aromatic rings. The number of furan rings is 1. The SMILES string of the molecule is O=C(COc1cccc(NC(=O)c2ccco2)c1)Nc1nc2c(s1)CN(Cc1ccccc1)CC2. The van der Waals surface area contributed by atoms with Gasteiger partial charge in [-0.2, -0.15) is 0 Å². The highest BCUT2D eigenvalue weighted by Gasteiger charge is 2.21. The number of hydrogen-bond acceptors (Lipinski definition) is 7. The lowest BCUT2D eigenvalue weighted by Gasteiger charge is -2.25. The van der Waals surface area contributed by atoms with Crippen molar-refractivity contribution in [1.29, 1.82) is 0 Å². The lowest BCUT2D eigenvalue weighted by atomic mass is 10.1. The fraction of sp³-hybridized carbons (Fsp3) is 0.192. The van der Waals surface area contributed by atoms with Crippen molar-refractivity contribution in [2.45, 2.75) is 19.5 Å². The second kappa shape index (κ2) is 10.5. The number of fused-ring (bicyclic) bond motifs is 1. The van der Waals surface area contributed by atoms with Gasteiger partial charge in [0.15, 0.2) is 17.5 Å². The van der Waals surface area contributed by atoms with Gasteiger partial charge in [0.05, 0.1) is 12.0 Å². The van der Waals surface area contributed by atoms with Crippen LogP contribution in [0.2, 0.25) is 0 Å². The lowest BCUT2D eigenvalue weighted by Crippen LogP contribution is -2.29. The molecule has 2 aromatic carbocycles. The maximum absolute atomic E-state index is 12.5. The summed E-state index contributed by atoms with van der Waals surface area (Å²) in [5, 5.41) is 6.16. The van der Waals surface area contributed by atoms with Gasteiger partial charge in [-0.25, -0.2) is 4.98 Å². The molecule has 2 amide bonds. The quantitative estimate of drug-likeness (QED) is 0.377. The molecule has 0 aliphatic carbocycles. The zero-order chi connectivity index (χ0) is 24.0. The number of thiazole rings is 1. The van der Waals surface area contributed by atoms with Gasteiger partial charge in [0.1, 0.15) is 5.75 Å². The average Bonchev–Trinajstić information content (AvgIpc) is 3.53. The van der Waals surface area contributed by atoms with Crippen molar-refractivity contribution in [1.82, 2.24) is 9.88 Å². The van der Waals surface area contributed by atoms with Crippen molar-refractivity contribution in [3.05, 3.63) is 94.9 Å². The number of amides is 2. The number of anilines is 2. The van der Waals surface area contributed by atoms with E-state index in [-0.39, 0.29) is 24.2 Å². The fourth-order valence-electron chi connectivity index (χ4n) is 3.85. The molecular formula is C26H24N4O4S. The molecule has 35 heavy (non-hydrogen) atoms. The van der Waals surface area contributed by atoms with Crippen LogP contribution in [-0.2, 0) is 24.3 Å². The second-order valence-electron chi connectivity index (χ2n) is 8.13. The maximum Gasteiger partial charge on any atom is 0.291 e. The topological polar surface area (TPSA) is 96.7 Å². The Bertz CT molecular complexity index is 1300. The fourth-order valence-corrected chi connectivity index (χ4v) is 4.91. The van der Waals surface area contributed by atoms with Gasteiger partial charge in [-0.05, 0) is 29.8 Å². The van der Waals surface area contributed by atoms with Gasteiger partial charge in [0.25, 0.3) is 11.8 Å². The van der Waals surface area contributed by atoms with E-state index in [1.807, 2.05) is 6.07 Å². The van der Waals surface area contributed by atoms with Crippen LogP contribution in [0.3, 0.4) is 0 Å². The number of nitrogens with zero attached hydrogens (tertiary/aromatic N) is 2. The van der Waals surface area contributed by atoms with Crippen molar-refractivity contribution in [3.8, 4) is 5.75 Å². The van der Waals surface area contributed by atoms with Crippen molar-refractivity contribution in [3.63, 3.8) is 0 Å². The Balaban J connectivity index is 1.12. The Morgan fingerprint density at radius 3 is 2.77 bits per heavy atom. The van der Waals surface area contributed by atoms with Gasteiger partial charge >= 0.3 is 0 Å². The van der Waals surface area contributed by atoms with Crippen LogP contribution in [0.25, 0.3) is 0 Å². The van der Waals surface area contributed by atoms with E-state index in [1.165, 1.54) is 28.0 Å². The first-order chi connectivity index (χ1) is 17.1. The zero-order valence-corrected chi connectivity index (χ0v) is 19.7. The number of carbonyl (C=O) groups is 2. The first-order valence-corrected chi connectivity index (χ1v) is 12.1. The Morgan fingerprint density at radius 2 is 1.94 bits per heavy atom. The molecule has 0 radical (unpaired) electrons. The largest absolute Gasteiger partial charge is 0.484 e. The number of carbonyl (C=O) groups excluding carboxylic acids is 2.